The van der Waals surface area contributed by atoms with E-state index in [4.69, 9.17) is 0 Å². The minimum Gasteiger partial charge on any atom is -0.561 e. The van der Waals surface area contributed by atoms with Crippen LogP contribution in [0, 0.1) is 17.3 Å². The van der Waals surface area contributed by atoms with Crippen molar-refractivity contribution < 1.29 is 14.5 Å². The lowest BCUT2D eigenvalue weighted by atomic mass is 10.0. The maximum atomic E-state index is 12.4. The average molecular weight is 306 g/mol. The van der Waals surface area contributed by atoms with Crippen molar-refractivity contribution in [3.63, 3.8) is 0 Å². The summed E-state index contributed by atoms with van der Waals surface area (Å²) in [6.07, 6.45) is 3.00. The molecule has 0 radical (unpaired) electrons. The van der Waals surface area contributed by atoms with Crippen molar-refractivity contribution >= 4 is 23.3 Å². The molecule has 0 aromatic heterocycles. The highest BCUT2D eigenvalue weighted by Crippen LogP contribution is 2.11. The molecule has 0 unspecified atom stereocenters. The van der Waals surface area contributed by atoms with E-state index < -0.39 is 5.78 Å². The van der Waals surface area contributed by atoms with E-state index in [0.717, 1.165) is 11.1 Å². The van der Waals surface area contributed by atoms with Crippen molar-refractivity contribution in [3.05, 3.63) is 87.8 Å². The third kappa shape index (κ3) is 2.76. The Labute approximate surface area is 133 Å². The molecule has 5 heteroatoms. The molecule has 0 saturated carbocycles. The van der Waals surface area contributed by atoms with E-state index in [9.17, 15) is 15.2 Å². The Hall–Kier alpha value is -3.21. The van der Waals surface area contributed by atoms with Gasteiger partial charge >= 0.3 is 17.2 Å². The quantitative estimate of drug-likeness (QED) is 0.646. The van der Waals surface area contributed by atoms with Crippen LogP contribution in [0.4, 0.5) is 0 Å². The van der Waals surface area contributed by atoms with Gasteiger partial charge in [0.1, 0.15) is 0 Å². The van der Waals surface area contributed by atoms with E-state index >= 15 is 0 Å². The van der Waals surface area contributed by atoms with Gasteiger partial charge in [-0.1, -0.05) is 48.0 Å². The van der Waals surface area contributed by atoms with Gasteiger partial charge in [0.25, 0.3) is 0 Å². The predicted molar refractivity (Wildman–Crippen MR) is 88.0 cm³/mol. The number of aryl methyl sites for hydroxylation is 1. The molecular formula is C18H14N2O3. The Morgan fingerprint density at radius 3 is 2.17 bits per heavy atom. The summed E-state index contributed by atoms with van der Waals surface area (Å²) in [7, 11) is 0. The lowest BCUT2D eigenvalue weighted by Gasteiger charge is -1.98. The lowest BCUT2D eigenvalue weighted by molar-refractivity contribution is -1.05. The van der Waals surface area contributed by atoms with Gasteiger partial charge in [0, 0.05) is 6.08 Å². The number of Topliss-reactive ketones (excluding diaryl/α,β-unsaturated/α-hetero) is 1. The summed E-state index contributed by atoms with van der Waals surface area (Å²) in [6.45, 7) is 1.90. The highest BCUT2D eigenvalue weighted by molar-refractivity contribution is 6.70. The zero-order chi connectivity index (χ0) is 16.4. The highest BCUT2D eigenvalue weighted by Gasteiger charge is 2.43. The number of carbonyl (C=O) groups is 1. The summed E-state index contributed by atoms with van der Waals surface area (Å²) in [4.78, 5) is 12.6. The first-order chi connectivity index (χ1) is 11.1. The molecule has 114 valence electrons. The first-order valence-corrected chi connectivity index (χ1v) is 7.11. The van der Waals surface area contributed by atoms with Crippen LogP contribution in [0.5, 0.6) is 0 Å². The Kier molecular flexibility index (Phi) is 3.76. The summed E-state index contributed by atoms with van der Waals surface area (Å²) in [5, 5.41) is 24.0. The second-order valence-corrected chi connectivity index (χ2v) is 5.22. The maximum Gasteiger partial charge on any atom is 0.349 e. The van der Waals surface area contributed by atoms with Gasteiger partial charge in [-0.2, -0.15) is 0 Å². The van der Waals surface area contributed by atoms with Crippen molar-refractivity contribution in [2.45, 2.75) is 6.92 Å². The number of allylic oxidation sites excluding steroid dienone is 1. The monoisotopic (exact) mass is 306 g/mol. The smallest absolute Gasteiger partial charge is 0.349 e. The Morgan fingerprint density at radius 1 is 0.870 bits per heavy atom. The number of hydrogen-bond acceptors (Lipinski definition) is 3. The normalized spacial score (nSPS) is 15.1. The Morgan fingerprint density at radius 2 is 1.52 bits per heavy atom. The molecule has 23 heavy (non-hydrogen) atoms. The molecule has 1 aliphatic heterocycles. The van der Waals surface area contributed by atoms with Crippen LogP contribution in [0.2, 0.25) is 0 Å². The fourth-order valence-corrected chi connectivity index (χ4v) is 2.32. The van der Waals surface area contributed by atoms with Crippen molar-refractivity contribution in [1.29, 1.82) is 0 Å². The molecule has 0 spiro atoms. The minimum atomic E-state index is -0.578. The van der Waals surface area contributed by atoms with E-state index in [-0.39, 0.29) is 21.1 Å². The van der Waals surface area contributed by atoms with E-state index in [0.29, 0.717) is 5.56 Å². The summed E-state index contributed by atoms with van der Waals surface area (Å²) in [6, 6.07) is 16.1. The number of carbonyl (C=O) groups excluding carboxylic acids is 1. The molecule has 1 heterocycles. The third-order valence-electron chi connectivity index (χ3n) is 3.57. The van der Waals surface area contributed by atoms with Gasteiger partial charge in [-0.05, 0) is 30.7 Å². The van der Waals surface area contributed by atoms with Crippen LogP contribution in [-0.2, 0) is 4.79 Å². The number of hydrogen-bond donors (Lipinski definition) is 0. The van der Waals surface area contributed by atoms with E-state index in [1.54, 1.807) is 30.3 Å². The third-order valence-corrected chi connectivity index (χ3v) is 3.57. The second-order valence-electron chi connectivity index (χ2n) is 5.22. The van der Waals surface area contributed by atoms with Crippen molar-refractivity contribution in [1.82, 2.24) is 0 Å². The zero-order valence-corrected chi connectivity index (χ0v) is 12.5. The first kappa shape index (κ1) is 14.7. The fraction of sp³-hybridized carbons (Fsp3) is 0.0556. The highest BCUT2D eigenvalue weighted by atomic mass is 16.7. The van der Waals surface area contributed by atoms with Gasteiger partial charge in [-0.15, -0.1) is 0 Å². The van der Waals surface area contributed by atoms with Crippen molar-refractivity contribution in [3.8, 4) is 0 Å². The number of ketones is 1. The molecule has 0 N–H and O–H groups in total. The molecule has 0 fully saturated rings. The molecule has 5 nitrogen and oxygen atoms in total. The number of benzene rings is 2. The van der Waals surface area contributed by atoms with Crippen LogP contribution in [-0.4, -0.2) is 26.9 Å². The molecular weight excluding hydrogens is 292 g/mol. The van der Waals surface area contributed by atoms with Crippen molar-refractivity contribution in [2.75, 3.05) is 0 Å². The van der Waals surface area contributed by atoms with Crippen LogP contribution >= 0.6 is 0 Å². The Balaban J connectivity index is 1.93. The van der Waals surface area contributed by atoms with Gasteiger partial charge in [-0.3, -0.25) is 4.79 Å². The SMILES string of the molecule is Cc1ccc(C2=[N+]([O-])[N+]([O-])=C(/C=C/c3ccccc3)C2=O)cc1. The van der Waals surface area contributed by atoms with Crippen LogP contribution in [0.3, 0.4) is 0 Å². The second kappa shape index (κ2) is 5.88. The summed E-state index contributed by atoms with van der Waals surface area (Å²) >= 11 is 0. The van der Waals surface area contributed by atoms with Crippen LogP contribution < -0.4 is 0 Å². The molecule has 1 aliphatic rings. The standard InChI is InChI=1S/C18H14N2O3/c1-13-7-10-15(11-8-13)17-18(21)16(19(22)20(17)23)12-9-14-5-3-2-4-6-14/h2-12H,1H3/b12-9+. The molecule has 0 saturated heterocycles. The van der Waals surface area contributed by atoms with Crippen LogP contribution in [0.15, 0.2) is 60.7 Å². The molecule has 0 amide bonds. The number of hydrazone groups is 2. The first-order valence-electron chi connectivity index (χ1n) is 7.11. The largest absolute Gasteiger partial charge is 0.561 e. The minimum absolute atomic E-state index is 0.0803. The van der Waals surface area contributed by atoms with E-state index in [2.05, 4.69) is 0 Å². The molecule has 0 atom stereocenters. The fourth-order valence-electron chi connectivity index (χ4n) is 2.32. The van der Waals surface area contributed by atoms with Gasteiger partial charge in [0.05, 0.1) is 15.3 Å². The molecule has 3 rings (SSSR count). The maximum absolute atomic E-state index is 12.4. The van der Waals surface area contributed by atoms with E-state index in [1.165, 1.54) is 6.08 Å². The summed E-state index contributed by atoms with van der Waals surface area (Å²) in [5.74, 6) is -0.578. The Bertz CT molecular complexity index is 848. The average Bonchev–Trinajstić information content (AvgIpc) is 2.78. The van der Waals surface area contributed by atoms with Gasteiger partial charge < -0.3 is 10.4 Å². The zero-order valence-electron chi connectivity index (χ0n) is 12.5. The van der Waals surface area contributed by atoms with Crippen molar-refractivity contribution in [2.24, 2.45) is 0 Å². The number of hydrazine groups is 1. The lowest BCUT2D eigenvalue weighted by Crippen LogP contribution is -2.21. The van der Waals surface area contributed by atoms with Gasteiger partial charge in [0.15, 0.2) is 0 Å². The van der Waals surface area contributed by atoms with Crippen LogP contribution in [0.1, 0.15) is 16.7 Å². The molecule has 2 aromatic rings. The van der Waals surface area contributed by atoms with E-state index in [1.807, 2.05) is 37.3 Å². The predicted octanol–water partition coefficient (Wildman–Crippen LogP) is 2.46. The molecule has 0 aliphatic carbocycles. The van der Waals surface area contributed by atoms with Gasteiger partial charge in [-0.25, -0.2) is 0 Å². The summed E-state index contributed by atoms with van der Waals surface area (Å²) < 4.78 is 0. The van der Waals surface area contributed by atoms with Gasteiger partial charge in [0.2, 0.25) is 0 Å². The topological polar surface area (TPSA) is 69.2 Å². The van der Waals surface area contributed by atoms with Crippen LogP contribution in [0.25, 0.3) is 6.08 Å². The number of nitrogens with zero attached hydrogens (tertiary/aromatic N) is 2. The molecule has 2 aromatic carbocycles. The molecule has 0 bridgehead atoms. The number of rotatable bonds is 3. The summed E-state index contributed by atoms with van der Waals surface area (Å²) in [5.41, 5.74) is 1.92.